The molecule has 184 valence electrons. The fourth-order valence-electron chi connectivity index (χ4n) is 3.77. The van der Waals surface area contributed by atoms with Crippen molar-refractivity contribution in [2.45, 2.75) is 39.7 Å². The quantitative estimate of drug-likeness (QED) is 0.559. The number of nitrogens with zero attached hydrogens (tertiary/aromatic N) is 4. The number of nitrogens with one attached hydrogen (secondary N) is 2. The first-order valence-electron chi connectivity index (χ1n) is 11.6. The molecule has 0 spiro atoms. The molecule has 3 aromatic rings. The van der Waals surface area contributed by atoms with Gasteiger partial charge in [-0.05, 0) is 53.1 Å². The van der Waals surface area contributed by atoms with Gasteiger partial charge in [0, 0.05) is 49.2 Å². The van der Waals surface area contributed by atoms with Crippen LogP contribution in [0, 0.1) is 11.2 Å². The Hall–Kier alpha value is -3.82. The topological polar surface area (TPSA) is 113 Å². The Kier molecular flexibility index (Phi) is 7.09. The van der Waals surface area contributed by atoms with E-state index in [1.807, 2.05) is 20.8 Å². The third-order valence-electron chi connectivity index (χ3n) is 5.73. The van der Waals surface area contributed by atoms with E-state index in [0.717, 1.165) is 0 Å². The zero-order valence-corrected chi connectivity index (χ0v) is 20.0. The molecule has 1 aliphatic heterocycles. The summed E-state index contributed by atoms with van der Waals surface area (Å²) in [6, 6.07) is 11.2. The Morgan fingerprint density at radius 2 is 1.80 bits per heavy atom. The highest BCUT2D eigenvalue weighted by Crippen LogP contribution is 2.26. The van der Waals surface area contributed by atoms with Gasteiger partial charge in [0.2, 0.25) is 5.82 Å². The molecule has 10 heteroatoms. The summed E-state index contributed by atoms with van der Waals surface area (Å²) in [6.07, 6.45) is 0.981. The molecule has 1 saturated heterocycles. The molecule has 1 aliphatic rings. The normalized spacial score (nSPS) is 14.6. The molecule has 1 aromatic heterocycles. The van der Waals surface area contributed by atoms with Gasteiger partial charge in [-0.2, -0.15) is 5.21 Å². The molecule has 4 rings (SSSR count). The third-order valence-corrected chi connectivity index (χ3v) is 5.73. The molecule has 2 aromatic carbocycles. The van der Waals surface area contributed by atoms with Crippen molar-refractivity contribution in [3.05, 3.63) is 59.4 Å². The number of carbonyl (C=O) groups excluding carboxylic acids is 2. The zero-order chi connectivity index (χ0) is 25.0. The second-order valence-electron chi connectivity index (χ2n) is 9.81. The number of hydrogen-bond acceptors (Lipinski definition) is 6. The number of rotatable bonds is 6. The molecule has 0 bridgehead atoms. The number of hydrogen-bond donors (Lipinski definition) is 2. The molecule has 1 fully saturated rings. The third kappa shape index (κ3) is 6.20. The number of halogens is 1. The molecular weight excluding hydrogens is 451 g/mol. The van der Waals surface area contributed by atoms with E-state index in [1.54, 1.807) is 41.3 Å². The van der Waals surface area contributed by atoms with Gasteiger partial charge in [0.15, 0.2) is 11.6 Å². The van der Waals surface area contributed by atoms with Crippen LogP contribution in [-0.4, -0.2) is 63.1 Å². The Balaban J connectivity index is 1.29. The van der Waals surface area contributed by atoms with Gasteiger partial charge in [-0.1, -0.05) is 20.8 Å². The van der Waals surface area contributed by atoms with Crippen LogP contribution in [0.2, 0.25) is 0 Å². The number of carbonyl (C=O) groups is 2. The molecule has 2 amide bonds. The molecule has 0 unspecified atom stereocenters. The van der Waals surface area contributed by atoms with Crippen LogP contribution in [0.1, 0.15) is 54.3 Å². The maximum atomic E-state index is 14.5. The van der Waals surface area contributed by atoms with Crippen molar-refractivity contribution in [2.75, 3.05) is 19.6 Å². The van der Waals surface area contributed by atoms with Crippen LogP contribution in [0.3, 0.4) is 0 Å². The summed E-state index contributed by atoms with van der Waals surface area (Å²) in [5, 5.41) is 16.4. The number of likely N-dealkylation sites (tertiary alicyclic amines) is 1. The highest BCUT2D eigenvalue weighted by Gasteiger charge is 2.26. The molecule has 0 saturated carbocycles. The molecule has 2 heterocycles. The van der Waals surface area contributed by atoms with E-state index in [2.05, 4.69) is 25.9 Å². The average molecular weight is 481 g/mol. The van der Waals surface area contributed by atoms with Crippen LogP contribution < -0.4 is 10.1 Å². The molecule has 35 heavy (non-hydrogen) atoms. The Labute approximate surface area is 203 Å². The maximum absolute atomic E-state index is 14.5. The van der Waals surface area contributed by atoms with E-state index in [-0.39, 0.29) is 29.1 Å². The lowest BCUT2D eigenvalue weighted by atomic mass is 9.97. The van der Waals surface area contributed by atoms with Gasteiger partial charge in [0.25, 0.3) is 11.8 Å². The summed E-state index contributed by atoms with van der Waals surface area (Å²) >= 11 is 0. The number of amides is 2. The summed E-state index contributed by atoms with van der Waals surface area (Å²) in [7, 11) is 0. The molecule has 9 nitrogen and oxygen atoms in total. The predicted octanol–water partition coefficient (Wildman–Crippen LogP) is 3.47. The molecule has 2 N–H and O–H groups in total. The van der Waals surface area contributed by atoms with Crippen LogP contribution in [0.25, 0.3) is 11.4 Å². The summed E-state index contributed by atoms with van der Waals surface area (Å²) in [4.78, 5) is 27.0. The monoisotopic (exact) mass is 480 g/mol. The van der Waals surface area contributed by atoms with E-state index >= 15 is 0 Å². The van der Waals surface area contributed by atoms with E-state index in [1.165, 1.54) is 6.07 Å². The first-order chi connectivity index (χ1) is 16.7. The summed E-state index contributed by atoms with van der Waals surface area (Å²) < 4.78 is 20.4. The van der Waals surface area contributed by atoms with Gasteiger partial charge in [-0.3, -0.25) is 9.59 Å². The van der Waals surface area contributed by atoms with Crippen molar-refractivity contribution in [1.82, 2.24) is 30.8 Å². The Bertz CT molecular complexity index is 1170. The van der Waals surface area contributed by atoms with Crippen molar-refractivity contribution >= 4 is 11.8 Å². The second kappa shape index (κ2) is 10.2. The van der Waals surface area contributed by atoms with Crippen molar-refractivity contribution in [3.63, 3.8) is 0 Å². The van der Waals surface area contributed by atoms with E-state index in [0.29, 0.717) is 55.0 Å². The van der Waals surface area contributed by atoms with E-state index in [4.69, 9.17) is 4.74 Å². The minimum absolute atomic E-state index is 0.00806. The number of aromatic amines is 1. The van der Waals surface area contributed by atoms with Gasteiger partial charge in [0.05, 0.1) is 0 Å². The highest BCUT2D eigenvalue weighted by atomic mass is 19.1. The first kappa shape index (κ1) is 24.3. The lowest BCUT2D eigenvalue weighted by molar-refractivity contribution is 0.0588. The van der Waals surface area contributed by atoms with Gasteiger partial charge in [-0.15, -0.1) is 10.2 Å². The van der Waals surface area contributed by atoms with Gasteiger partial charge in [0.1, 0.15) is 6.10 Å². The second-order valence-corrected chi connectivity index (χ2v) is 9.81. The fraction of sp³-hybridized carbons (Fsp3) is 0.400. The number of aromatic nitrogens is 4. The number of benzene rings is 2. The Morgan fingerprint density at radius 3 is 2.40 bits per heavy atom. The average Bonchev–Trinajstić information content (AvgIpc) is 3.39. The maximum Gasteiger partial charge on any atom is 0.253 e. The van der Waals surface area contributed by atoms with Crippen LogP contribution in [0.15, 0.2) is 42.5 Å². The highest BCUT2D eigenvalue weighted by molar-refractivity contribution is 5.97. The van der Waals surface area contributed by atoms with E-state index < -0.39 is 5.82 Å². The standard InChI is InChI=1S/C25H29FN6O3/c1-25(2,3)15-27-23(33)16-4-6-17(7-5-16)24(34)32-12-10-19(11-13-32)35-21-9-8-18(14-20(21)26)22-28-30-31-29-22/h4-9,14,19H,10-13,15H2,1-3H3,(H,27,33)(H,28,29,30,31). The predicted molar refractivity (Wildman–Crippen MR) is 127 cm³/mol. The van der Waals surface area contributed by atoms with Crippen LogP contribution in [0.4, 0.5) is 4.39 Å². The smallest absolute Gasteiger partial charge is 0.253 e. The van der Waals surface area contributed by atoms with E-state index in [9.17, 15) is 14.0 Å². The van der Waals surface area contributed by atoms with Crippen molar-refractivity contribution in [2.24, 2.45) is 5.41 Å². The number of H-pyrrole nitrogens is 1. The number of ether oxygens (including phenoxy) is 1. The van der Waals surface area contributed by atoms with Crippen molar-refractivity contribution in [3.8, 4) is 17.1 Å². The number of tetrazole rings is 1. The largest absolute Gasteiger partial charge is 0.487 e. The summed E-state index contributed by atoms with van der Waals surface area (Å²) in [5.41, 5.74) is 1.54. The lowest BCUT2D eigenvalue weighted by Crippen LogP contribution is -2.41. The minimum atomic E-state index is -0.502. The van der Waals surface area contributed by atoms with Crippen LogP contribution >= 0.6 is 0 Å². The fourth-order valence-corrected chi connectivity index (χ4v) is 3.77. The van der Waals surface area contributed by atoms with Gasteiger partial charge >= 0.3 is 0 Å². The zero-order valence-electron chi connectivity index (χ0n) is 20.0. The summed E-state index contributed by atoms with van der Waals surface area (Å²) in [6.45, 7) is 7.71. The lowest BCUT2D eigenvalue weighted by Gasteiger charge is -2.32. The number of piperidine rings is 1. The first-order valence-corrected chi connectivity index (χ1v) is 11.6. The van der Waals surface area contributed by atoms with Crippen LogP contribution in [0.5, 0.6) is 5.75 Å². The van der Waals surface area contributed by atoms with Gasteiger partial charge < -0.3 is 15.0 Å². The molecule has 0 aliphatic carbocycles. The minimum Gasteiger partial charge on any atom is -0.487 e. The summed E-state index contributed by atoms with van der Waals surface area (Å²) in [5.74, 6) is -0.296. The molecule has 0 radical (unpaired) electrons. The van der Waals surface area contributed by atoms with Crippen molar-refractivity contribution < 1.29 is 18.7 Å². The Morgan fingerprint density at radius 1 is 1.11 bits per heavy atom. The van der Waals surface area contributed by atoms with Gasteiger partial charge in [-0.25, -0.2) is 4.39 Å². The van der Waals surface area contributed by atoms with Crippen LogP contribution in [-0.2, 0) is 0 Å². The SMILES string of the molecule is CC(C)(C)CNC(=O)c1ccc(C(=O)N2CCC(Oc3ccc(-c4nn[nH]n4)cc3F)CC2)cc1. The molecular formula is C25H29FN6O3. The molecule has 0 atom stereocenters. The van der Waals surface area contributed by atoms with Crippen molar-refractivity contribution in [1.29, 1.82) is 0 Å².